The molecule has 0 aliphatic heterocycles. The molecule has 3 rings (SSSR count). The molecule has 1 aromatic heterocycles. The molecule has 1 N–H and O–H groups in total. The Hall–Kier alpha value is -0.410. The highest BCUT2D eigenvalue weighted by atomic mass is 32.1. The Morgan fingerprint density at radius 3 is 3.00 bits per heavy atom. The Bertz CT molecular complexity index is 361. The molecule has 88 valence electrons. The fourth-order valence-corrected chi connectivity index (χ4v) is 4.07. The zero-order valence-electron chi connectivity index (χ0n) is 9.91. The van der Waals surface area contributed by atoms with Crippen LogP contribution in [0.4, 0.5) is 0 Å². The molecule has 2 fully saturated rings. The van der Waals surface area contributed by atoms with Crippen LogP contribution in [-0.4, -0.2) is 11.0 Å². The predicted molar refractivity (Wildman–Crippen MR) is 67.6 cm³/mol. The lowest BCUT2D eigenvalue weighted by Crippen LogP contribution is -2.33. The first-order valence-electron chi connectivity index (χ1n) is 6.51. The van der Waals surface area contributed by atoms with Crippen molar-refractivity contribution in [2.45, 2.75) is 51.6 Å². The number of rotatable bonds is 4. The Morgan fingerprint density at radius 2 is 2.38 bits per heavy atom. The average molecular weight is 236 g/mol. The average Bonchev–Trinajstić information content (AvgIpc) is 3.02. The molecule has 2 nitrogen and oxygen atoms in total. The van der Waals surface area contributed by atoms with Gasteiger partial charge in [-0.05, 0) is 37.5 Å². The molecular formula is C13H20N2S. The van der Waals surface area contributed by atoms with Crippen LogP contribution >= 0.6 is 11.3 Å². The molecule has 2 aliphatic rings. The number of fused-ring (bicyclic) bond motifs is 2. The molecule has 3 atom stereocenters. The molecule has 2 aliphatic carbocycles. The first-order valence-corrected chi connectivity index (χ1v) is 7.39. The normalized spacial score (nSPS) is 32.4. The topological polar surface area (TPSA) is 24.9 Å². The number of aromatic nitrogens is 1. The summed E-state index contributed by atoms with van der Waals surface area (Å²) in [4.78, 5) is 4.61. The fraction of sp³-hybridized carbons (Fsp3) is 0.769. The molecule has 0 aromatic carbocycles. The summed E-state index contributed by atoms with van der Waals surface area (Å²) < 4.78 is 0. The zero-order chi connectivity index (χ0) is 11.0. The van der Waals surface area contributed by atoms with Crippen molar-refractivity contribution in [2.75, 3.05) is 0 Å². The van der Waals surface area contributed by atoms with Crippen molar-refractivity contribution in [3.05, 3.63) is 16.1 Å². The maximum Gasteiger partial charge on any atom is 0.0926 e. The molecule has 3 heteroatoms. The van der Waals surface area contributed by atoms with E-state index in [0.717, 1.165) is 30.8 Å². The summed E-state index contributed by atoms with van der Waals surface area (Å²) in [5.41, 5.74) is 1.24. The Balaban J connectivity index is 1.53. The molecule has 1 heterocycles. The first-order chi connectivity index (χ1) is 7.85. The second-order valence-electron chi connectivity index (χ2n) is 5.25. The lowest BCUT2D eigenvalue weighted by atomic mass is 9.95. The van der Waals surface area contributed by atoms with Gasteiger partial charge in [0.25, 0.3) is 0 Å². The van der Waals surface area contributed by atoms with Gasteiger partial charge in [-0.2, -0.15) is 0 Å². The van der Waals surface area contributed by atoms with Crippen LogP contribution in [0.15, 0.2) is 5.38 Å². The van der Waals surface area contributed by atoms with Crippen molar-refractivity contribution in [1.82, 2.24) is 10.3 Å². The molecule has 0 spiro atoms. The van der Waals surface area contributed by atoms with Gasteiger partial charge in [0.1, 0.15) is 0 Å². The van der Waals surface area contributed by atoms with E-state index in [2.05, 4.69) is 22.6 Å². The molecule has 0 saturated heterocycles. The molecule has 3 unspecified atom stereocenters. The highest BCUT2D eigenvalue weighted by molar-refractivity contribution is 7.09. The first kappa shape index (κ1) is 10.7. The maximum absolute atomic E-state index is 4.61. The Morgan fingerprint density at radius 1 is 1.44 bits per heavy atom. The lowest BCUT2D eigenvalue weighted by molar-refractivity contribution is 0.349. The number of aryl methyl sites for hydroxylation is 1. The highest BCUT2D eigenvalue weighted by Gasteiger charge is 2.38. The van der Waals surface area contributed by atoms with Crippen LogP contribution in [0.3, 0.4) is 0 Å². The summed E-state index contributed by atoms with van der Waals surface area (Å²) in [6.07, 6.45) is 6.91. The van der Waals surface area contributed by atoms with E-state index in [1.807, 2.05) is 0 Å². The molecule has 2 saturated carbocycles. The summed E-state index contributed by atoms with van der Waals surface area (Å²) in [6, 6.07) is 0.783. The minimum atomic E-state index is 0.783. The Kier molecular flexibility index (Phi) is 2.99. The van der Waals surface area contributed by atoms with E-state index < -0.39 is 0 Å². The van der Waals surface area contributed by atoms with Crippen LogP contribution < -0.4 is 5.32 Å². The quantitative estimate of drug-likeness (QED) is 0.869. The molecular weight excluding hydrogens is 216 g/mol. The monoisotopic (exact) mass is 236 g/mol. The number of nitrogens with one attached hydrogen (secondary N) is 1. The van der Waals surface area contributed by atoms with Crippen molar-refractivity contribution in [3.8, 4) is 0 Å². The molecule has 0 radical (unpaired) electrons. The predicted octanol–water partition coefficient (Wildman–Crippen LogP) is 2.98. The Labute approximate surface area is 101 Å². The molecule has 0 amide bonds. The number of thiazole rings is 1. The van der Waals surface area contributed by atoms with Gasteiger partial charge in [-0.15, -0.1) is 11.3 Å². The largest absolute Gasteiger partial charge is 0.308 e. The zero-order valence-corrected chi connectivity index (χ0v) is 10.7. The van der Waals surface area contributed by atoms with Gasteiger partial charge in [-0.1, -0.05) is 13.3 Å². The van der Waals surface area contributed by atoms with Gasteiger partial charge < -0.3 is 5.32 Å². The molecule has 16 heavy (non-hydrogen) atoms. The molecule has 2 bridgehead atoms. The van der Waals surface area contributed by atoms with Gasteiger partial charge in [0.05, 0.1) is 10.7 Å². The second kappa shape index (κ2) is 4.46. The van der Waals surface area contributed by atoms with Crippen molar-refractivity contribution < 1.29 is 0 Å². The van der Waals surface area contributed by atoms with Crippen LogP contribution in [-0.2, 0) is 13.0 Å². The van der Waals surface area contributed by atoms with Crippen molar-refractivity contribution in [1.29, 1.82) is 0 Å². The van der Waals surface area contributed by atoms with Crippen LogP contribution in [0, 0.1) is 11.8 Å². The van der Waals surface area contributed by atoms with Gasteiger partial charge in [0, 0.05) is 18.0 Å². The van der Waals surface area contributed by atoms with E-state index in [9.17, 15) is 0 Å². The van der Waals surface area contributed by atoms with E-state index in [1.165, 1.54) is 36.4 Å². The van der Waals surface area contributed by atoms with Crippen molar-refractivity contribution >= 4 is 11.3 Å². The third kappa shape index (κ3) is 2.03. The van der Waals surface area contributed by atoms with E-state index >= 15 is 0 Å². The van der Waals surface area contributed by atoms with Gasteiger partial charge in [-0.25, -0.2) is 4.98 Å². The number of hydrogen-bond donors (Lipinski definition) is 1. The van der Waals surface area contributed by atoms with Crippen molar-refractivity contribution in [3.63, 3.8) is 0 Å². The summed E-state index contributed by atoms with van der Waals surface area (Å²) >= 11 is 1.80. The van der Waals surface area contributed by atoms with Crippen molar-refractivity contribution in [2.24, 2.45) is 11.8 Å². The smallest absolute Gasteiger partial charge is 0.0926 e. The number of hydrogen-bond acceptors (Lipinski definition) is 3. The highest BCUT2D eigenvalue weighted by Crippen LogP contribution is 2.44. The van der Waals surface area contributed by atoms with E-state index in [1.54, 1.807) is 11.3 Å². The maximum atomic E-state index is 4.61. The van der Waals surface area contributed by atoms with Gasteiger partial charge in [0.15, 0.2) is 0 Å². The third-order valence-corrected chi connectivity index (χ3v) is 5.23. The summed E-state index contributed by atoms with van der Waals surface area (Å²) in [7, 11) is 0. The minimum absolute atomic E-state index is 0.783. The minimum Gasteiger partial charge on any atom is -0.308 e. The van der Waals surface area contributed by atoms with E-state index in [0.29, 0.717) is 0 Å². The van der Waals surface area contributed by atoms with Gasteiger partial charge in [-0.3, -0.25) is 0 Å². The fourth-order valence-electron chi connectivity index (χ4n) is 3.32. The third-order valence-electron chi connectivity index (χ3n) is 4.19. The van der Waals surface area contributed by atoms with Gasteiger partial charge in [0.2, 0.25) is 0 Å². The van der Waals surface area contributed by atoms with E-state index in [-0.39, 0.29) is 0 Å². The lowest BCUT2D eigenvalue weighted by Gasteiger charge is -2.22. The SMILES string of the molecule is CCc1nc(CNC2CC3CCC2C3)cs1. The van der Waals surface area contributed by atoms with Crippen LogP contribution in [0.2, 0.25) is 0 Å². The van der Waals surface area contributed by atoms with E-state index in [4.69, 9.17) is 0 Å². The number of nitrogens with zero attached hydrogens (tertiary/aromatic N) is 1. The second-order valence-corrected chi connectivity index (χ2v) is 6.19. The van der Waals surface area contributed by atoms with Crippen LogP contribution in [0.5, 0.6) is 0 Å². The standard InChI is InChI=1S/C13H20N2S/c1-2-13-15-11(8-16-13)7-14-12-6-9-3-4-10(12)5-9/h8-10,12,14H,2-7H2,1H3. The van der Waals surface area contributed by atoms with Gasteiger partial charge >= 0.3 is 0 Å². The van der Waals surface area contributed by atoms with Crippen LogP contribution in [0.1, 0.15) is 43.3 Å². The molecule has 1 aromatic rings. The summed E-state index contributed by atoms with van der Waals surface area (Å²) in [6.45, 7) is 3.15. The summed E-state index contributed by atoms with van der Waals surface area (Å²) in [5, 5.41) is 7.19. The summed E-state index contributed by atoms with van der Waals surface area (Å²) in [5.74, 6) is 2.00. The van der Waals surface area contributed by atoms with Crippen LogP contribution in [0.25, 0.3) is 0 Å².